The van der Waals surface area contributed by atoms with Crippen molar-refractivity contribution in [1.29, 1.82) is 0 Å². The van der Waals surface area contributed by atoms with Gasteiger partial charge in [-0.2, -0.15) is 0 Å². The number of benzene rings is 1. The van der Waals surface area contributed by atoms with Gasteiger partial charge in [0.1, 0.15) is 12.9 Å². The molecule has 0 bridgehead atoms. The third-order valence-corrected chi connectivity index (χ3v) is 3.22. The monoisotopic (exact) mass is 270 g/mol. The van der Waals surface area contributed by atoms with Gasteiger partial charge in [-0.25, -0.2) is 4.79 Å². The minimum atomic E-state index is -0.384. The number of carbonyl (C=O) groups excluding carboxylic acids is 1. The average molecular weight is 270 g/mol. The molecule has 1 aliphatic heterocycles. The summed E-state index contributed by atoms with van der Waals surface area (Å²) >= 11 is 0. The summed E-state index contributed by atoms with van der Waals surface area (Å²) in [5, 5.41) is 0. The molecule has 0 spiro atoms. The van der Waals surface area contributed by atoms with Crippen molar-refractivity contribution in [1.82, 2.24) is 0 Å². The van der Waals surface area contributed by atoms with Crippen LogP contribution in [0.3, 0.4) is 0 Å². The lowest BCUT2D eigenvalue weighted by Gasteiger charge is -2.07. The van der Waals surface area contributed by atoms with E-state index in [1.165, 1.54) is 6.26 Å². The second-order valence-corrected chi connectivity index (χ2v) is 4.57. The molecule has 102 valence electrons. The molecular formula is C16H14O4. The van der Waals surface area contributed by atoms with Crippen LogP contribution in [0.25, 0.3) is 5.57 Å². The Balaban J connectivity index is 1.59. The predicted molar refractivity (Wildman–Crippen MR) is 73.4 cm³/mol. The first kappa shape index (κ1) is 12.5. The molecule has 0 radical (unpaired) electrons. The lowest BCUT2D eigenvalue weighted by molar-refractivity contribution is 0.0523. The van der Waals surface area contributed by atoms with Crippen LogP contribution in [0, 0.1) is 0 Å². The molecule has 0 saturated carbocycles. The van der Waals surface area contributed by atoms with Gasteiger partial charge in [0.2, 0.25) is 0 Å². The Morgan fingerprint density at radius 2 is 2.10 bits per heavy atom. The third kappa shape index (κ3) is 2.32. The Labute approximate surface area is 116 Å². The largest absolute Gasteiger partial charge is 0.464 e. The molecule has 4 nitrogen and oxygen atoms in total. The molecule has 0 aliphatic carbocycles. The number of fused-ring (bicyclic) bond motifs is 1. The van der Waals surface area contributed by atoms with Gasteiger partial charge in [0.05, 0.1) is 6.61 Å². The van der Waals surface area contributed by atoms with Gasteiger partial charge in [0.15, 0.2) is 5.56 Å². The van der Waals surface area contributed by atoms with Gasteiger partial charge in [-0.05, 0) is 11.1 Å². The fourth-order valence-electron chi connectivity index (χ4n) is 2.10. The Bertz CT molecular complexity index is 640. The maximum Gasteiger partial charge on any atom is 0.346 e. The first-order valence-electron chi connectivity index (χ1n) is 6.39. The van der Waals surface area contributed by atoms with E-state index >= 15 is 0 Å². The third-order valence-electron chi connectivity index (χ3n) is 3.22. The summed E-state index contributed by atoms with van der Waals surface area (Å²) < 4.78 is 15.7. The highest BCUT2D eigenvalue weighted by Crippen LogP contribution is 2.31. The lowest BCUT2D eigenvalue weighted by Crippen LogP contribution is -2.02. The zero-order chi connectivity index (χ0) is 13.9. The number of furan rings is 1. The summed E-state index contributed by atoms with van der Waals surface area (Å²) in [5.74, 6) is -0.144. The fraction of sp³-hybridized carbons (Fsp3) is 0.188. The van der Waals surface area contributed by atoms with Crippen LogP contribution < -0.4 is 4.74 Å². The van der Waals surface area contributed by atoms with Crippen molar-refractivity contribution in [3.8, 4) is 5.95 Å². The quantitative estimate of drug-likeness (QED) is 0.781. The fourth-order valence-corrected chi connectivity index (χ4v) is 2.10. The zero-order valence-electron chi connectivity index (χ0n) is 10.9. The van der Waals surface area contributed by atoms with Crippen molar-refractivity contribution in [2.75, 3.05) is 6.61 Å². The lowest BCUT2D eigenvalue weighted by atomic mass is 10.1. The van der Waals surface area contributed by atoms with Crippen molar-refractivity contribution in [3.63, 3.8) is 0 Å². The minimum Gasteiger partial charge on any atom is -0.464 e. The molecular weight excluding hydrogens is 256 g/mol. The van der Waals surface area contributed by atoms with Crippen LogP contribution in [0.15, 0.2) is 47.6 Å². The first-order valence-corrected chi connectivity index (χ1v) is 6.39. The van der Waals surface area contributed by atoms with Gasteiger partial charge < -0.3 is 13.9 Å². The predicted octanol–water partition coefficient (Wildman–Crippen LogP) is 3.43. The van der Waals surface area contributed by atoms with Crippen LogP contribution in [-0.2, 0) is 11.3 Å². The second kappa shape index (κ2) is 5.25. The van der Waals surface area contributed by atoms with Crippen LogP contribution in [0.5, 0.6) is 5.95 Å². The van der Waals surface area contributed by atoms with Crippen LogP contribution in [0.1, 0.15) is 27.9 Å². The molecule has 0 saturated heterocycles. The SMILES string of the molecule is C=C(CCOc1occ2c1C(=O)OC2)c1ccccc1. The number of esters is 1. The van der Waals surface area contributed by atoms with Gasteiger partial charge in [-0.15, -0.1) is 0 Å². The van der Waals surface area contributed by atoms with E-state index in [2.05, 4.69) is 6.58 Å². The molecule has 20 heavy (non-hydrogen) atoms. The van der Waals surface area contributed by atoms with Gasteiger partial charge in [0, 0.05) is 12.0 Å². The maximum absolute atomic E-state index is 11.5. The number of rotatable bonds is 5. The van der Waals surface area contributed by atoms with E-state index in [0.717, 1.165) is 16.7 Å². The van der Waals surface area contributed by atoms with Gasteiger partial charge in [-0.3, -0.25) is 0 Å². The molecule has 0 unspecified atom stereocenters. The summed E-state index contributed by atoms with van der Waals surface area (Å²) in [6.45, 7) is 4.69. The summed E-state index contributed by atoms with van der Waals surface area (Å²) in [5.41, 5.74) is 3.22. The van der Waals surface area contributed by atoms with Gasteiger partial charge in [0.25, 0.3) is 5.95 Å². The Morgan fingerprint density at radius 1 is 1.30 bits per heavy atom. The molecule has 3 rings (SSSR count). The molecule has 2 heterocycles. The molecule has 4 heteroatoms. The molecule has 1 aliphatic rings. The van der Waals surface area contributed by atoms with E-state index in [-0.39, 0.29) is 18.5 Å². The molecule has 1 aromatic heterocycles. The van der Waals surface area contributed by atoms with E-state index in [4.69, 9.17) is 13.9 Å². The van der Waals surface area contributed by atoms with E-state index in [1.54, 1.807) is 0 Å². The van der Waals surface area contributed by atoms with Crippen molar-refractivity contribution >= 4 is 11.5 Å². The summed E-state index contributed by atoms with van der Waals surface area (Å²) in [4.78, 5) is 11.5. The van der Waals surface area contributed by atoms with Crippen LogP contribution >= 0.6 is 0 Å². The number of carbonyl (C=O) groups is 1. The van der Waals surface area contributed by atoms with Crippen LogP contribution in [0.2, 0.25) is 0 Å². The molecule has 1 aromatic carbocycles. The molecule has 0 fully saturated rings. The van der Waals surface area contributed by atoms with Crippen LogP contribution in [0.4, 0.5) is 0 Å². The normalized spacial score (nSPS) is 12.9. The Morgan fingerprint density at radius 3 is 2.90 bits per heavy atom. The number of cyclic esters (lactones) is 1. The average Bonchev–Trinajstić information content (AvgIpc) is 3.04. The van der Waals surface area contributed by atoms with Crippen molar-refractivity contribution < 1.29 is 18.7 Å². The zero-order valence-corrected chi connectivity index (χ0v) is 10.9. The second-order valence-electron chi connectivity index (χ2n) is 4.57. The Hall–Kier alpha value is -2.49. The Kier molecular flexibility index (Phi) is 3.29. The molecule has 2 aromatic rings. The van der Waals surface area contributed by atoms with Crippen LogP contribution in [-0.4, -0.2) is 12.6 Å². The maximum atomic E-state index is 11.5. The smallest absolute Gasteiger partial charge is 0.346 e. The molecule has 0 atom stereocenters. The highest BCUT2D eigenvalue weighted by atomic mass is 16.6. The topological polar surface area (TPSA) is 48.7 Å². The van der Waals surface area contributed by atoms with E-state index in [1.807, 2.05) is 30.3 Å². The van der Waals surface area contributed by atoms with Crippen molar-refractivity contribution in [3.05, 3.63) is 59.9 Å². The number of ether oxygens (including phenoxy) is 2. The van der Waals surface area contributed by atoms with Gasteiger partial charge >= 0.3 is 5.97 Å². The van der Waals surface area contributed by atoms with Gasteiger partial charge in [-0.1, -0.05) is 36.9 Å². The molecule has 0 amide bonds. The van der Waals surface area contributed by atoms with E-state index in [9.17, 15) is 4.79 Å². The van der Waals surface area contributed by atoms with Crippen molar-refractivity contribution in [2.45, 2.75) is 13.0 Å². The summed E-state index contributed by atoms with van der Waals surface area (Å²) in [6.07, 6.45) is 2.16. The number of hydrogen-bond donors (Lipinski definition) is 0. The number of hydrogen-bond acceptors (Lipinski definition) is 4. The van der Waals surface area contributed by atoms with Crippen molar-refractivity contribution in [2.24, 2.45) is 0 Å². The van der Waals surface area contributed by atoms with E-state index in [0.29, 0.717) is 18.6 Å². The van der Waals surface area contributed by atoms with E-state index < -0.39 is 0 Å². The standard InChI is InChI=1S/C16H14O4/c1-11(12-5-3-2-4-6-12)7-8-18-16-14-13(10-20-16)9-19-15(14)17/h2-6,10H,1,7-9H2. The first-order chi connectivity index (χ1) is 9.75. The highest BCUT2D eigenvalue weighted by Gasteiger charge is 2.29. The summed E-state index contributed by atoms with van der Waals surface area (Å²) in [7, 11) is 0. The molecule has 0 N–H and O–H groups in total. The minimum absolute atomic E-state index is 0.239. The highest BCUT2D eigenvalue weighted by molar-refractivity contribution is 5.95. The summed E-state index contributed by atoms with van der Waals surface area (Å²) in [6, 6.07) is 9.91.